The Bertz CT molecular complexity index is 1490. The Labute approximate surface area is 188 Å². The van der Waals surface area contributed by atoms with E-state index in [4.69, 9.17) is 10.7 Å². The monoisotopic (exact) mass is 438 g/mol. The minimum absolute atomic E-state index is 0.222. The number of fused-ring (bicyclic) bond motifs is 1. The van der Waals surface area contributed by atoms with E-state index in [0.717, 1.165) is 27.8 Å². The Balaban J connectivity index is 1.84. The van der Waals surface area contributed by atoms with Gasteiger partial charge < -0.3 is 5.73 Å². The molecule has 2 aromatic heterocycles. The average molecular weight is 439 g/mol. The molecule has 0 bridgehead atoms. The number of nitrogen functional groups attached to an aromatic ring is 1. The highest BCUT2D eigenvalue weighted by molar-refractivity contribution is 7.21. The van der Waals surface area contributed by atoms with E-state index >= 15 is 0 Å². The van der Waals surface area contributed by atoms with Gasteiger partial charge in [0.15, 0.2) is 0 Å². The first-order valence-electron chi connectivity index (χ1n) is 10.2. The van der Waals surface area contributed by atoms with Crippen LogP contribution in [0.3, 0.4) is 0 Å². The maximum Gasteiger partial charge on any atom is 0.213 e. The predicted octanol–water partition coefficient (Wildman–Crippen LogP) is 6.69. The maximum atomic E-state index is 13.5. The van der Waals surface area contributed by atoms with Crippen molar-refractivity contribution in [3.8, 4) is 32.8 Å². The number of aryl methyl sites for hydroxylation is 1. The highest BCUT2D eigenvalue weighted by Crippen LogP contribution is 2.37. The molecule has 2 N–H and O–H groups in total. The topological polar surface area (TPSA) is 56.0 Å². The van der Waals surface area contributed by atoms with Gasteiger partial charge in [-0.3, -0.25) is 4.79 Å². The third kappa shape index (κ3) is 3.57. The number of aromatic nitrogens is 1. The molecular formula is C27H19FN2OS. The maximum absolute atomic E-state index is 13.5. The van der Waals surface area contributed by atoms with Crippen molar-refractivity contribution >= 4 is 27.2 Å². The molecule has 0 aliphatic carbocycles. The first-order valence-corrected chi connectivity index (χ1v) is 11.0. The zero-order chi connectivity index (χ0) is 22.2. The van der Waals surface area contributed by atoms with Crippen LogP contribution in [0, 0.1) is 12.7 Å². The molecule has 0 fully saturated rings. The molecular weight excluding hydrogens is 419 g/mol. The number of anilines is 1. The van der Waals surface area contributed by atoms with E-state index in [1.165, 1.54) is 23.5 Å². The summed E-state index contributed by atoms with van der Waals surface area (Å²) in [6.45, 7) is 2.01. The van der Waals surface area contributed by atoms with Gasteiger partial charge in [-0.25, -0.2) is 9.37 Å². The zero-order valence-corrected chi connectivity index (χ0v) is 18.1. The number of nitrogens with two attached hydrogens (primary N) is 1. The van der Waals surface area contributed by atoms with Crippen LogP contribution in [0.4, 0.5) is 10.1 Å². The first kappa shape index (κ1) is 20.1. The molecule has 0 atom stereocenters. The van der Waals surface area contributed by atoms with Crippen molar-refractivity contribution < 1.29 is 4.39 Å². The van der Waals surface area contributed by atoms with E-state index in [1.807, 2.05) is 67.6 Å². The highest BCUT2D eigenvalue weighted by atomic mass is 32.1. The van der Waals surface area contributed by atoms with Gasteiger partial charge in [-0.1, -0.05) is 60.2 Å². The Kier molecular flexibility index (Phi) is 5.04. The van der Waals surface area contributed by atoms with Gasteiger partial charge in [-0.05, 0) is 53.9 Å². The SMILES string of the molecule is Cc1ccc(-c2sc3nc(-c4ccc(F)cc4)cc(-c4ccccc4)c3c(=O)c2N)cc1. The molecule has 32 heavy (non-hydrogen) atoms. The lowest BCUT2D eigenvalue weighted by atomic mass is 9.99. The summed E-state index contributed by atoms with van der Waals surface area (Å²) in [5, 5.41) is 0.500. The van der Waals surface area contributed by atoms with E-state index in [1.54, 1.807) is 12.1 Å². The quantitative estimate of drug-likeness (QED) is 0.341. The third-order valence-corrected chi connectivity index (χ3v) is 6.59. The fourth-order valence-corrected chi connectivity index (χ4v) is 4.84. The van der Waals surface area contributed by atoms with Crippen LogP contribution in [0.2, 0.25) is 0 Å². The van der Waals surface area contributed by atoms with E-state index in [-0.39, 0.29) is 16.9 Å². The Morgan fingerprint density at radius 2 is 1.50 bits per heavy atom. The fraction of sp³-hybridized carbons (Fsp3) is 0.0370. The van der Waals surface area contributed by atoms with Crippen LogP contribution in [-0.2, 0) is 0 Å². The normalized spacial score (nSPS) is 11.1. The predicted molar refractivity (Wildman–Crippen MR) is 131 cm³/mol. The number of rotatable bonds is 3. The molecule has 0 aliphatic heterocycles. The molecule has 5 heteroatoms. The summed E-state index contributed by atoms with van der Waals surface area (Å²) in [5.41, 5.74) is 11.5. The van der Waals surface area contributed by atoms with Gasteiger partial charge >= 0.3 is 0 Å². The van der Waals surface area contributed by atoms with Gasteiger partial charge in [0.1, 0.15) is 10.6 Å². The summed E-state index contributed by atoms with van der Waals surface area (Å²) in [4.78, 5) is 19.6. The summed E-state index contributed by atoms with van der Waals surface area (Å²) in [6, 6.07) is 25.7. The van der Waals surface area contributed by atoms with Gasteiger partial charge in [0.2, 0.25) is 5.43 Å². The summed E-state index contributed by atoms with van der Waals surface area (Å²) >= 11 is 1.40. The number of halogens is 1. The van der Waals surface area contributed by atoms with E-state index in [0.29, 0.717) is 20.8 Å². The van der Waals surface area contributed by atoms with E-state index < -0.39 is 0 Å². The molecule has 0 saturated carbocycles. The minimum Gasteiger partial charge on any atom is -0.394 e. The molecule has 0 spiro atoms. The number of hydrogen-bond acceptors (Lipinski definition) is 4. The van der Waals surface area contributed by atoms with Crippen LogP contribution in [-0.4, -0.2) is 4.98 Å². The second-order valence-electron chi connectivity index (χ2n) is 7.65. The van der Waals surface area contributed by atoms with Crippen LogP contribution >= 0.6 is 11.3 Å². The van der Waals surface area contributed by atoms with Crippen LogP contribution in [0.15, 0.2) is 89.7 Å². The summed E-state index contributed by atoms with van der Waals surface area (Å²) in [6.07, 6.45) is 0. The average Bonchev–Trinajstić information content (AvgIpc) is 2.82. The largest absolute Gasteiger partial charge is 0.394 e. The van der Waals surface area contributed by atoms with Gasteiger partial charge in [0.05, 0.1) is 21.6 Å². The number of nitrogens with zero attached hydrogens (tertiary/aromatic N) is 1. The molecule has 3 aromatic carbocycles. The lowest BCUT2D eigenvalue weighted by molar-refractivity contribution is 0.628. The summed E-state index contributed by atoms with van der Waals surface area (Å²) < 4.78 is 13.5. The Hall–Kier alpha value is -3.83. The highest BCUT2D eigenvalue weighted by Gasteiger charge is 2.18. The van der Waals surface area contributed by atoms with Crippen LogP contribution < -0.4 is 11.2 Å². The summed E-state index contributed by atoms with van der Waals surface area (Å²) in [5.74, 6) is -0.308. The van der Waals surface area contributed by atoms with Crippen LogP contribution in [0.5, 0.6) is 0 Å². The molecule has 2 heterocycles. The molecule has 0 aliphatic rings. The van der Waals surface area contributed by atoms with Crippen molar-refractivity contribution in [1.29, 1.82) is 0 Å². The number of pyridine rings is 1. The molecule has 5 aromatic rings. The molecule has 5 rings (SSSR count). The van der Waals surface area contributed by atoms with Gasteiger partial charge in [-0.15, -0.1) is 11.3 Å². The van der Waals surface area contributed by atoms with Gasteiger partial charge in [0, 0.05) is 5.56 Å². The zero-order valence-electron chi connectivity index (χ0n) is 17.3. The number of benzene rings is 3. The van der Waals surface area contributed by atoms with Gasteiger partial charge in [0.25, 0.3) is 0 Å². The lowest BCUT2D eigenvalue weighted by Gasteiger charge is -2.12. The Morgan fingerprint density at radius 1 is 0.844 bits per heavy atom. The minimum atomic E-state index is -0.308. The molecule has 156 valence electrons. The van der Waals surface area contributed by atoms with Crippen LogP contribution in [0.25, 0.3) is 43.0 Å². The van der Waals surface area contributed by atoms with Crippen LogP contribution in [0.1, 0.15) is 5.56 Å². The molecule has 0 unspecified atom stereocenters. The first-order chi connectivity index (χ1) is 15.5. The van der Waals surface area contributed by atoms with E-state index in [2.05, 4.69) is 0 Å². The molecule has 3 nitrogen and oxygen atoms in total. The second-order valence-corrected chi connectivity index (χ2v) is 8.65. The van der Waals surface area contributed by atoms with Crippen molar-refractivity contribution in [1.82, 2.24) is 4.98 Å². The van der Waals surface area contributed by atoms with Crippen molar-refractivity contribution in [2.45, 2.75) is 6.92 Å². The van der Waals surface area contributed by atoms with Crippen molar-refractivity contribution in [2.75, 3.05) is 5.73 Å². The standard InChI is InChI=1S/C27H19FN2OS/c1-16-7-9-19(10-8-16)26-24(29)25(31)23-21(17-5-3-2-4-6-17)15-22(30-27(23)32-26)18-11-13-20(28)14-12-18/h2-15H,29H2,1H3. The lowest BCUT2D eigenvalue weighted by Crippen LogP contribution is -2.11. The third-order valence-electron chi connectivity index (χ3n) is 5.44. The van der Waals surface area contributed by atoms with Crippen molar-refractivity contribution in [3.63, 3.8) is 0 Å². The molecule has 0 radical (unpaired) electrons. The fourth-order valence-electron chi connectivity index (χ4n) is 3.74. The second kappa shape index (κ2) is 8.02. The van der Waals surface area contributed by atoms with Crippen molar-refractivity contribution in [3.05, 3.63) is 107 Å². The smallest absolute Gasteiger partial charge is 0.213 e. The molecule has 0 saturated heterocycles. The Morgan fingerprint density at radius 3 is 2.19 bits per heavy atom. The molecule has 0 amide bonds. The van der Waals surface area contributed by atoms with E-state index in [9.17, 15) is 9.18 Å². The number of hydrogen-bond donors (Lipinski definition) is 1. The van der Waals surface area contributed by atoms with Crippen molar-refractivity contribution in [2.24, 2.45) is 0 Å². The van der Waals surface area contributed by atoms with Gasteiger partial charge in [-0.2, -0.15) is 0 Å². The summed E-state index contributed by atoms with van der Waals surface area (Å²) in [7, 11) is 0.